The molecule has 0 heterocycles. The third kappa shape index (κ3) is 3.81. The van der Waals surface area contributed by atoms with Crippen LogP contribution in [0.25, 0.3) is 5.57 Å². The molecule has 6 N–H and O–H groups in total. The minimum absolute atomic E-state index is 0.612. The second-order valence-electron chi connectivity index (χ2n) is 4.10. The van der Waals surface area contributed by atoms with Crippen molar-refractivity contribution in [2.45, 2.75) is 12.1 Å². The van der Waals surface area contributed by atoms with Crippen molar-refractivity contribution < 1.29 is 9.50 Å². The maximum absolute atomic E-state index is 12.7. The number of hydrogen-bond donors (Lipinski definition) is 4. The van der Waals surface area contributed by atoms with Crippen LogP contribution in [-0.2, 0) is 0 Å². The fourth-order valence-electron chi connectivity index (χ4n) is 1.78. The standard InChI is InChI=1S/C14H20FN3O/c1-18-13(8-15)14(19)11-4-2-10(3-5-11)12(9-17)6-7-16/h2-7,9,13-14,18-19H,8,16-17H2,1H3/b7-6-,12-9?. The number of benzene rings is 1. The number of aliphatic hydroxyl groups is 1. The summed E-state index contributed by atoms with van der Waals surface area (Å²) in [6.07, 6.45) is 3.65. The van der Waals surface area contributed by atoms with E-state index in [-0.39, 0.29) is 0 Å². The molecule has 0 aliphatic heterocycles. The van der Waals surface area contributed by atoms with Crippen molar-refractivity contribution in [1.82, 2.24) is 5.32 Å². The highest BCUT2D eigenvalue weighted by Crippen LogP contribution is 2.21. The Kier molecular flexibility index (Phi) is 6.05. The highest BCUT2D eigenvalue weighted by molar-refractivity contribution is 5.73. The molecule has 0 fully saturated rings. The summed E-state index contributed by atoms with van der Waals surface area (Å²) in [5, 5.41) is 12.7. The zero-order valence-corrected chi connectivity index (χ0v) is 10.9. The lowest BCUT2D eigenvalue weighted by molar-refractivity contribution is 0.117. The number of hydrogen-bond acceptors (Lipinski definition) is 4. The SMILES string of the molecule is CNC(CF)C(O)c1ccc(C(=CN)/C=C\N)cc1. The van der Waals surface area contributed by atoms with Crippen LogP contribution < -0.4 is 16.8 Å². The van der Waals surface area contributed by atoms with Crippen LogP contribution in [0.3, 0.4) is 0 Å². The number of aliphatic hydroxyl groups excluding tert-OH is 1. The van der Waals surface area contributed by atoms with E-state index in [0.29, 0.717) is 5.56 Å². The Balaban J connectivity index is 2.93. The van der Waals surface area contributed by atoms with Gasteiger partial charge in [-0.25, -0.2) is 4.39 Å². The van der Waals surface area contributed by atoms with Crippen LogP contribution in [0.1, 0.15) is 17.2 Å². The summed E-state index contributed by atoms with van der Waals surface area (Å²) < 4.78 is 12.7. The third-order valence-electron chi connectivity index (χ3n) is 2.96. The largest absolute Gasteiger partial charge is 0.405 e. The van der Waals surface area contributed by atoms with E-state index in [0.717, 1.165) is 11.1 Å². The molecule has 104 valence electrons. The molecule has 0 saturated carbocycles. The molecule has 2 unspecified atom stereocenters. The normalized spacial score (nSPS) is 15.6. The lowest BCUT2D eigenvalue weighted by atomic mass is 9.99. The molecule has 1 aromatic rings. The van der Waals surface area contributed by atoms with Gasteiger partial charge in [0, 0.05) is 6.20 Å². The summed E-state index contributed by atoms with van der Waals surface area (Å²) in [6, 6.07) is 6.49. The summed E-state index contributed by atoms with van der Waals surface area (Å²) in [5.74, 6) is 0. The van der Waals surface area contributed by atoms with E-state index in [1.165, 1.54) is 12.4 Å². The van der Waals surface area contributed by atoms with Crippen LogP contribution in [0, 0.1) is 0 Å². The van der Waals surface area contributed by atoms with Gasteiger partial charge < -0.3 is 21.9 Å². The Bertz CT molecular complexity index is 439. The van der Waals surface area contributed by atoms with Crippen molar-refractivity contribution in [2.24, 2.45) is 11.5 Å². The van der Waals surface area contributed by atoms with E-state index < -0.39 is 18.8 Å². The van der Waals surface area contributed by atoms with Crippen molar-refractivity contribution in [3.63, 3.8) is 0 Å². The lowest BCUT2D eigenvalue weighted by Crippen LogP contribution is -2.33. The van der Waals surface area contributed by atoms with Crippen molar-refractivity contribution in [3.05, 3.63) is 53.9 Å². The molecule has 0 bridgehead atoms. The van der Waals surface area contributed by atoms with Crippen LogP contribution in [-0.4, -0.2) is 24.9 Å². The highest BCUT2D eigenvalue weighted by atomic mass is 19.1. The molecular weight excluding hydrogens is 245 g/mol. The Morgan fingerprint density at radius 1 is 1.37 bits per heavy atom. The topological polar surface area (TPSA) is 84.3 Å². The molecule has 0 radical (unpaired) electrons. The molecule has 0 amide bonds. The van der Waals surface area contributed by atoms with Gasteiger partial charge in [0.25, 0.3) is 0 Å². The number of rotatable bonds is 6. The lowest BCUT2D eigenvalue weighted by Gasteiger charge is -2.20. The molecule has 0 saturated heterocycles. The van der Waals surface area contributed by atoms with Crippen molar-refractivity contribution in [3.8, 4) is 0 Å². The first-order chi connectivity index (χ1) is 9.17. The zero-order valence-electron chi connectivity index (χ0n) is 10.9. The quantitative estimate of drug-likeness (QED) is 0.579. The van der Waals surface area contributed by atoms with Gasteiger partial charge in [0.15, 0.2) is 0 Å². The van der Waals surface area contributed by atoms with Gasteiger partial charge in [-0.3, -0.25) is 0 Å². The van der Waals surface area contributed by atoms with Crippen molar-refractivity contribution >= 4 is 5.57 Å². The minimum atomic E-state index is -0.889. The van der Waals surface area contributed by atoms with E-state index in [4.69, 9.17) is 11.5 Å². The minimum Gasteiger partial charge on any atom is -0.405 e. The van der Waals surface area contributed by atoms with E-state index in [1.54, 1.807) is 25.3 Å². The van der Waals surface area contributed by atoms with Gasteiger partial charge in [-0.2, -0.15) is 0 Å². The van der Waals surface area contributed by atoms with Gasteiger partial charge >= 0.3 is 0 Å². The molecule has 0 aliphatic rings. The van der Waals surface area contributed by atoms with Crippen LogP contribution in [0.5, 0.6) is 0 Å². The predicted molar refractivity (Wildman–Crippen MR) is 75.7 cm³/mol. The number of allylic oxidation sites excluding steroid dienone is 2. The molecule has 1 aromatic carbocycles. The average molecular weight is 265 g/mol. The average Bonchev–Trinajstić information content (AvgIpc) is 2.46. The number of nitrogens with two attached hydrogens (primary N) is 2. The van der Waals surface area contributed by atoms with Crippen molar-refractivity contribution in [2.75, 3.05) is 13.7 Å². The second-order valence-corrected chi connectivity index (χ2v) is 4.10. The smallest absolute Gasteiger partial charge is 0.108 e. The van der Waals surface area contributed by atoms with Gasteiger partial charge in [0.1, 0.15) is 6.67 Å². The molecule has 5 heteroatoms. The van der Waals surface area contributed by atoms with Crippen molar-refractivity contribution in [1.29, 1.82) is 0 Å². The maximum Gasteiger partial charge on any atom is 0.108 e. The van der Waals surface area contributed by atoms with E-state index >= 15 is 0 Å². The van der Waals surface area contributed by atoms with Gasteiger partial charge in [-0.05, 0) is 36.0 Å². The molecule has 1 rings (SSSR count). The van der Waals surface area contributed by atoms with Gasteiger partial charge in [0.2, 0.25) is 0 Å². The number of halogens is 1. The summed E-state index contributed by atoms with van der Waals surface area (Å²) in [7, 11) is 1.61. The summed E-state index contributed by atoms with van der Waals surface area (Å²) in [5.41, 5.74) is 13.1. The van der Waals surface area contributed by atoms with Crippen LogP contribution in [0.4, 0.5) is 4.39 Å². The molecule has 0 aromatic heterocycles. The Labute approximate surface area is 112 Å². The summed E-state index contributed by atoms with van der Waals surface area (Å²) >= 11 is 0. The first kappa shape index (κ1) is 15.2. The van der Waals surface area contributed by atoms with E-state index in [9.17, 15) is 9.50 Å². The Morgan fingerprint density at radius 3 is 2.42 bits per heavy atom. The van der Waals surface area contributed by atoms with Gasteiger partial charge in [-0.1, -0.05) is 24.3 Å². The highest BCUT2D eigenvalue weighted by Gasteiger charge is 2.18. The Morgan fingerprint density at radius 2 is 2.00 bits per heavy atom. The van der Waals surface area contributed by atoms with Crippen LogP contribution >= 0.6 is 0 Å². The summed E-state index contributed by atoms with van der Waals surface area (Å²) in [4.78, 5) is 0. The fraction of sp³-hybridized carbons (Fsp3) is 0.286. The second kappa shape index (κ2) is 7.56. The van der Waals surface area contributed by atoms with Gasteiger partial charge in [-0.15, -0.1) is 0 Å². The predicted octanol–water partition coefficient (Wildman–Crippen LogP) is 1.05. The molecule has 19 heavy (non-hydrogen) atoms. The molecule has 0 aliphatic carbocycles. The number of likely N-dealkylation sites (N-methyl/N-ethyl adjacent to an activating group) is 1. The third-order valence-corrected chi connectivity index (χ3v) is 2.96. The monoisotopic (exact) mass is 265 g/mol. The van der Waals surface area contributed by atoms with Crippen LogP contribution in [0.2, 0.25) is 0 Å². The van der Waals surface area contributed by atoms with E-state index in [2.05, 4.69) is 5.32 Å². The van der Waals surface area contributed by atoms with Crippen LogP contribution in [0.15, 0.2) is 42.7 Å². The van der Waals surface area contributed by atoms with E-state index in [1.807, 2.05) is 12.1 Å². The van der Waals surface area contributed by atoms with Gasteiger partial charge in [0.05, 0.1) is 12.1 Å². The molecule has 0 spiro atoms. The summed E-state index contributed by atoms with van der Waals surface area (Å²) in [6.45, 7) is -0.636. The first-order valence-corrected chi connectivity index (χ1v) is 5.99. The first-order valence-electron chi connectivity index (χ1n) is 5.99. The molecule has 4 nitrogen and oxygen atoms in total. The number of alkyl halides is 1. The molecular formula is C14H20FN3O. The fourth-order valence-corrected chi connectivity index (χ4v) is 1.78. The number of nitrogens with one attached hydrogen (secondary N) is 1. The zero-order chi connectivity index (χ0) is 14.3. The molecule has 2 atom stereocenters. The Hall–Kier alpha value is -1.85. The maximum atomic E-state index is 12.7.